The van der Waals surface area contributed by atoms with Gasteiger partial charge in [-0.05, 0) is 17.5 Å². The molecular weight excluding hydrogens is 322 g/mol. The van der Waals surface area contributed by atoms with Crippen LogP contribution >= 0.6 is 0 Å². The van der Waals surface area contributed by atoms with Gasteiger partial charge in [0.05, 0.1) is 11.0 Å². The van der Waals surface area contributed by atoms with Crippen molar-refractivity contribution in [1.29, 1.82) is 0 Å². The number of nitrogens with one attached hydrogen (secondary N) is 2. The van der Waals surface area contributed by atoms with Crippen molar-refractivity contribution in [2.75, 3.05) is 6.61 Å². The molecule has 7 nitrogen and oxygen atoms in total. The van der Waals surface area contributed by atoms with E-state index in [9.17, 15) is 14.9 Å². The molecule has 0 aliphatic carbocycles. The summed E-state index contributed by atoms with van der Waals surface area (Å²) in [7, 11) is 0. The number of nitrogens with zero attached hydrogens (tertiary/aromatic N) is 1. The number of non-ortho nitro benzene ring substituents is 1. The number of rotatable bonds is 5. The zero-order valence-electron chi connectivity index (χ0n) is 13.6. The molecule has 0 aromatic heterocycles. The van der Waals surface area contributed by atoms with Gasteiger partial charge in [0.15, 0.2) is 0 Å². The SMILES string of the molecule is O=C(NCc1ccc([N+](=O)[O-])cc1)N[C@@H]1CCO[C@H]1c1ccccc1. The van der Waals surface area contributed by atoms with Gasteiger partial charge >= 0.3 is 6.03 Å². The van der Waals surface area contributed by atoms with Gasteiger partial charge in [0.2, 0.25) is 0 Å². The van der Waals surface area contributed by atoms with E-state index in [1.807, 2.05) is 30.3 Å². The van der Waals surface area contributed by atoms with Gasteiger partial charge in [-0.3, -0.25) is 10.1 Å². The molecule has 2 atom stereocenters. The third kappa shape index (κ3) is 4.33. The number of ether oxygens (including phenoxy) is 1. The van der Waals surface area contributed by atoms with Crippen LogP contribution in [0.2, 0.25) is 0 Å². The summed E-state index contributed by atoms with van der Waals surface area (Å²) in [5.41, 5.74) is 1.87. The van der Waals surface area contributed by atoms with Crippen LogP contribution in [0.25, 0.3) is 0 Å². The van der Waals surface area contributed by atoms with Crippen LogP contribution in [0.4, 0.5) is 10.5 Å². The largest absolute Gasteiger partial charge is 0.371 e. The third-order valence-electron chi connectivity index (χ3n) is 4.14. The maximum Gasteiger partial charge on any atom is 0.315 e. The zero-order valence-corrected chi connectivity index (χ0v) is 13.6. The van der Waals surface area contributed by atoms with Gasteiger partial charge in [-0.25, -0.2) is 4.79 Å². The molecule has 1 heterocycles. The van der Waals surface area contributed by atoms with Crippen LogP contribution in [0.5, 0.6) is 0 Å². The first-order chi connectivity index (χ1) is 12.1. The number of nitro benzene ring substituents is 1. The molecule has 2 aromatic rings. The van der Waals surface area contributed by atoms with Crippen molar-refractivity contribution in [3.05, 3.63) is 75.8 Å². The Hall–Kier alpha value is -2.93. The van der Waals surface area contributed by atoms with Gasteiger partial charge in [0.25, 0.3) is 5.69 Å². The maximum atomic E-state index is 12.1. The van der Waals surface area contributed by atoms with Crippen molar-refractivity contribution in [2.24, 2.45) is 0 Å². The van der Waals surface area contributed by atoms with Crippen LogP contribution in [0.3, 0.4) is 0 Å². The fourth-order valence-electron chi connectivity index (χ4n) is 2.85. The Balaban J connectivity index is 1.52. The molecule has 25 heavy (non-hydrogen) atoms. The molecule has 1 aliphatic rings. The minimum absolute atomic E-state index is 0.0296. The number of nitro groups is 1. The van der Waals surface area contributed by atoms with E-state index in [0.717, 1.165) is 17.5 Å². The van der Waals surface area contributed by atoms with Crippen molar-refractivity contribution in [3.8, 4) is 0 Å². The molecule has 0 unspecified atom stereocenters. The minimum Gasteiger partial charge on any atom is -0.371 e. The molecule has 2 N–H and O–H groups in total. The van der Waals surface area contributed by atoms with Crippen molar-refractivity contribution in [3.63, 3.8) is 0 Å². The second kappa shape index (κ2) is 7.76. The number of urea groups is 1. The topological polar surface area (TPSA) is 93.5 Å². The van der Waals surface area contributed by atoms with Crippen molar-refractivity contribution >= 4 is 11.7 Å². The van der Waals surface area contributed by atoms with E-state index in [-0.39, 0.29) is 23.9 Å². The van der Waals surface area contributed by atoms with Crippen LogP contribution < -0.4 is 10.6 Å². The van der Waals surface area contributed by atoms with Gasteiger partial charge < -0.3 is 15.4 Å². The number of carbonyl (C=O) groups is 1. The van der Waals surface area contributed by atoms with Crippen molar-refractivity contribution in [2.45, 2.75) is 25.1 Å². The summed E-state index contributed by atoms with van der Waals surface area (Å²) in [6.07, 6.45) is 0.608. The van der Waals surface area contributed by atoms with Gasteiger partial charge in [-0.15, -0.1) is 0 Å². The van der Waals surface area contributed by atoms with Crippen LogP contribution in [0.15, 0.2) is 54.6 Å². The van der Waals surface area contributed by atoms with Gasteiger partial charge in [0.1, 0.15) is 6.10 Å². The fraction of sp³-hybridized carbons (Fsp3) is 0.278. The number of benzene rings is 2. The van der Waals surface area contributed by atoms with E-state index < -0.39 is 4.92 Å². The van der Waals surface area contributed by atoms with E-state index >= 15 is 0 Å². The van der Waals surface area contributed by atoms with Crippen LogP contribution in [0, 0.1) is 10.1 Å². The molecule has 130 valence electrons. The lowest BCUT2D eigenvalue weighted by atomic mass is 10.0. The third-order valence-corrected chi connectivity index (χ3v) is 4.14. The number of amides is 2. The van der Waals surface area contributed by atoms with Crippen molar-refractivity contribution in [1.82, 2.24) is 10.6 Å². The van der Waals surface area contributed by atoms with E-state index in [1.165, 1.54) is 12.1 Å². The molecular formula is C18H19N3O4. The quantitative estimate of drug-likeness (QED) is 0.646. The normalized spacial score (nSPS) is 19.4. The molecule has 2 aromatic carbocycles. The average molecular weight is 341 g/mol. The molecule has 0 bridgehead atoms. The number of hydrogen-bond acceptors (Lipinski definition) is 4. The molecule has 3 rings (SSSR count). The second-order valence-electron chi connectivity index (χ2n) is 5.85. The highest BCUT2D eigenvalue weighted by atomic mass is 16.6. The summed E-state index contributed by atoms with van der Waals surface area (Å²) in [6.45, 7) is 0.903. The Bertz CT molecular complexity index is 734. The predicted octanol–water partition coefficient (Wildman–Crippen LogP) is 2.92. The lowest BCUT2D eigenvalue weighted by Gasteiger charge is -2.20. The van der Waals surface area contributed by atoms with Gasteiger partial charge in [-0.2, -0.15) is 0 Å². The Kier molecular flexibility index (Phi) is 5.25. The highest BCUT2D eigenvalue weighted by molar-refractivity contribution is 5.74. The highest BCUT2D eigenvalue weighted by Crippen LogP contribution is 2.28. The summed E-state index contributed by atoms with van der Waals surface area (Å²) in [5.74, 6) is 0. The van der Waals surface area contributed by atoms with Crippen LogP contribution in [-0.4, -0.2) is 23.6 Å². The first kappa shape index (κ1) is 16.9. The molecule has 1 saturated heterocycles. The van der Waals surface area contributed by atoms with Crippen LogP contribution in [-0.2, 0) is 11.3 Å². The van der Waals surface area contributed by atoms with E-state index in [1.54, 1.807) is 12.1 Å². The Morgan fingerprint density at radius 2 is 1.88 bits per heavy atom. The standard InChI is InChI=1S/C18H19N3O4/c22-18(19-12-13-6-8-15(9-7-13)21(23)24)20-16-10-11-25-17(16)14-4-2-1-3-5-14/h1-9,16-17H,10-12H2,(H2,19,20,22)/t16-,17+/m1/s1. The summed E-state index contributed by atoms with van der Waals surface area (Å²) in [6, 6.07) is 15.5. The predicted molar refractivity (Wildman–Crippen MR) is 92.0 cm³/mol. The minimum atomic E-state index is -0.451. The Morgan fingerprint density at radius 1 is 1.16 bits per heavy atom. The number of carbonyl (C=O) groups excluding carboxylic acids is 1. The highest BCUT2D eigenvalue weighted by Gasteiger charge is 2.30. The molecule has 1 fully saturated rings. The lowest BCUT2D eigenvalue weighted by molar-refractivity contribution is -0.384. The zero-order chi connectivity index (χ0) is 17.6. The molecule has 7 heteroatoms. The summed E-state index contributed by atoms with van der Waals surface area (Å²) >= 11 is 0. The molecule has 1 aliphatic heterocycles. The summed E-state index contributed by atoms with van der Waals surface area (Å²) < 4.78 is 5.74. The first-order valence-electron chi connectivity index (χ1n) is 8.08. The maximum absolute atomic E-state index is 12.1. The van der Waals surface area contributed by atoms with Gasteiger partial charge in [-0.1, -0.05) is 42.5 Å². The Labute approximate surface area is 145 Å². The molecule has 2 amide bonds. The monoisotopic (exact) mass is 341 g/mol. The fourth-order valence-corrected chi connectivity index (χ4v) is 2.85. The van der Waals surface area contributed by atoms with Gasteiger partial charge in [0, 0.05) is 25.3 Å². The van der Waals surface area contributed by atoms with Crippen molar-refractivity contribution < 1.29 is 14.5 Å². The summed E-state index contributed by atoms with van der Waals surface area (Å²) in [5, 5.41) is 16.3. The molecule has 0 radical (unpaired) electrons. The first-order valence-corrected chi connectivity index (χ1v) is 8.08. The smallest absolute Gasteiger partial charge is 0.315 e. The Morgan fingerprint density at radius 3 is 2.56 bits per heavy atom. The van der Waals surface area contributed by atoms with E-state index in [2.05, 4.69) is 10.6 Å². The lowest BCUT2D eigenvalue weighted by Crippen LogP contribution is -2.43. The molecule has 0 spiro atoms. The van der Waals surface area contributed by atoms with Crippen LogP contribution in [0.1, 0.15) is 23.7 Å². The number of hydrogen-bond donors (Lipinski definition) is 2. The van der Waals surface area contributed by atoms with E-state index in [0.29, 0.717) is 13.2 Å². The molecule has 0 saturated carbocycles. The average Bonchev–Trinajstić information content (AvgIpc) is 3.09. The van der Waals surface area contributed by atoms with E-state index in [4.69, 9.17) is 4.74 Å². The second-order valence-corrected chi connectivity index (χ2v) is 5.85. The summed E-state index contributed by atoms with van der Waals surface area (Å²) in [4.78, 5) is 22.3.